The predicted molar refractivity (Wildman–Crippen MR) is 102 cm³/mol. The van der Waals surface area contributed by atoms with Crippen molar-refractivity contribution >= 4 is 11.9 Å². The lowest BCUT2D eigenvalue weighted by Crippen LogP contribution is -2.42. The summed E-state index contributed by atoms with van der Waals surface area (Å²) in [5.41, 5.74) is 1.56. The largest absolute Gasteiger partial charge is 0.484 e. The summed E-state index contributed by atoms with van der Waals surface area (Å²) in [5.74, 6) is 0.701. The molecule has 1 atom stereocenters. The number of hydrogen-bond acceptors (Lipinski definition) is 4. The molecule has 27 heavy (non-hydrogen) atoms. The number of rotatable bonds is 8. The molecule has 0 spiro atoms. The van der Waals surface area contributed by atoms with Gasteiger partial charge in [-0.1, -0.05) is 30.3 Å². The molecular formula is C22H25NO4. The van der Waals surface area contributed by atoms with Gasteiger partial charge >= 0.3 is 5.97 Å². The van der Waals surface area contributed by atoms with Gasteiger partial charge < -0.3 is 14.4 Å². The quantitative estimate of drug-likeness (QED) is 0.668. The van der Waals surface area contributed by atoms with Crippen LogP contribution in [0.1, 0.15) is 35.7 Å². The van der Waals surface area contributed by atoms with E-state index >= 15 is 0 Å². The zero-order valence-corrected chi connectivity index (χ0v) is 15.8. The highest BCUT2D eigenvalue weighted by Crippen LogP contribution is 2.35. The number of ether oxygens (including phenoxy) is 2. The maximum absolute atomic E-state index is 12.8. The van der Waals surface area contributed by atoms with Crippen molar-refractivity contribution in [3.05, 3.63) is 65.7 Å². The molecule has 2 aromatic carbocycles. The lowest BCUT2D eigenvalue weighted by molar-refractivity contribution is -0.136. The fraction of sp³-hybridized carbons (Fsp3) is 0.364. The summed E-state index contributed by atoms with van der Waals surface area (Å²) >= 11 is 0. The third kappa shape index (κ3) is 5.09. The molecule has 5 heteroatoms. The first-order valence-corrected chi connectivity index (χ1v) is 9.23. The molecule has 1 fully saturated rings. The van der Waals surface area contributed by atoms with Crippen LogP contribution in [0.3, 0.4) is 0 Å². The van der Waals surface area contributed by atoms with Crippen LogP contribution in [-0.2, 0) is 16.1 Å². The Bertz CT molecular complexity index is 769. The normalized spacial score (nSPS) is 14.3. The van der Waals surface area contributed by atoms with Crippen LogP contribution in [0.4, 0.5) is 0 Å². The van der Waals surface area contributed by atoms with Gasteiger partial charge in [-0.2, -0.15) is 0 Å². The Morgan fingerprint density at radius 1 is 1.07 bits per heavy atom. The first kappa shape index (κ1) is 19.0. The molecule has 0 aromatic heterocycles. The van der Waals surface area contributed by atoms with Crippen LogP contribution in [0.2, 0.25) is 0 Å². The maximum Gasteiger partial charge on any atom is 0.337 e. The molecule has 0 saturated heterocycles. The SMILES string of the molecule is COC(=O)c1ccc(OCC(=O)N(Cc2ccccc2)C(C)C2CC2)cc1. The lowest BCUT2D eigenvalue weighted by Gasteiger charge is -2.29. The second kappa shape index (κ2) is 8.71. The summed E-state index contributed by atoms with van der Waals surface area (Å²) in [6.07, 6.45) is 2.35. The Morgan fingerprint density at radius 3 is 2.33 bits per heavy atom. The monoisotopic (exact) mass is 367 g/mol. The summed E-state index contributed by atoms with van der Waals surface area (Å²) in [6.45, 7) is 2.67. The highest BCUT2D eigenvalue weighted by Gasteiger charge is 2.34. The molecule has 1 aliphatic carbocycles. The molecular weight excluding hydrogens is 342 g/mol. The smallest absolute Gasteiger partial charge is 0.337 e. The van der Waals surface area contributed by atoms with Crippen molar-refractivity contribution in [1.82, 2.24) is 4.90 Å². The van der Waals surface area contributed by atoms with Crippen LogP contribution in [-0.4, -0.2) is 36.5 Å². The molecule has 0 heterocycles. The van der Waals surface area contributed by atoms with Gasteiger partial charge in [0.05, 0.1) is 12.7 Å². The van der Waals surface area contributed by atoms with E-state index in [0.29, 0.717) is 23.8 Å². The van der Waals surface area contributed by atoms with Gasteiger partial charge in [0.2, 0.25) is 0 Å². The minimum absolute atomic E-state index is 0.0263. The maximum atomic E-state index is 12.8. The Balaban J connectivity index is 1.62. The van der Waals surface area contributed by atoms with Gasteiger partial charge in [-0.25, -0.2) is 4.79 Å². The minimum Gasteiger partial charge on any atom is -0.484 e. The van der Waals surface area contributed by atoms with Gasteiger partial charge in [-0.05, 0) is 55.5 Å². The van der Waals surface area contributed by atoms with Gasteiger partial charge in [-0.15, -0.1) is 0 Å². The van der Waals surface area contributed by atoms with Gasteiger partial charge in [0.25, 0.3) is 5.91 Å². The Kier molecular flexibility index (Phi) is 6.12. The van der Waals surface area contributed by atoms with Crippen molar-refractivity contribution in [3.63, 3.8) is 0 Å². The number of methoxy groups -OCH3 is 1. The van der Waals surface area contributed by atoms with Crippen LogP contribution in [0.15, 0.2) is 54.6 Å². The molecule has 3 rings (SSSR count). The van der Waals surface area contributed by atoms with E-state index in [1.807, 2.05) is 35.2 Å². The summed E-state index contributed by atoms with van der Waals surface area (Å²) < 4.78 is 10.3. The molecule has 2 aromatic rings. The number of esters is 1. The summed E-state index contributed by atoms with van der Waals surface area (Å²) in [4.78, 5) is 26.2. The summed E-state index contributed by atoms with van der Waals surface area (Å²) in [6, 6.07) is 16.8. The lowest BCUT2D eigenvalue weighted by atomic mass is 10.1. The van der Waals surface area contributed by atoms with Crippen molar-refractivity contribution in [2.45, 2.75) is 32.4 Å². The summed E-state index contributed by atoms with van der Waals surface area (Å²) in [7, 11) is 1.34. The average Bonchev–Trinajstić information content (AvgIpc) is 3.55. The third-order valence-electron chi connectivity index (χ3n) is 4.95. The molecule has 1 unspecified atom stereocenters. The van der Waals surface area contributed by atoms with Gasteiger partial charge in [0.15, 0.2) is 6.61 Å². The van der Waals surface area contributed by atoms with Crippen LogP contribution >= 0.6 is 0 Å². The van der Waals surface area contributed by atoms with Crippen LogP contribution in [0, 0.1) is 5.92 Å². The molecule has 0 N–H and O–H groups in total. The number of carbonyl (C=O) groups excluding carboxylic acids is 2. The van der Waals surface area contributed by atoms with E-state index in [4.69, 9.17) is 4.74 Å². The van der Waals surface area contributed by atoms with E-state index in [2.05, 4.69) is 11.7 Å². The van der Waals surface area contributed by atoms with Crippen LogP contribution in [0.5, 0.6) is 5.75 Å². The van der Waals surface area contributed by atoms with Gasteiger partial charge in [0, 0.05) is 12.6 Å². The van der Waals surface area contributed by atoms with E-state index < -0.39 is 5.97 Å². The number of amides is 1. The van der Waals surface area contributed by atoms with Crippen LogP contribution < -0.4 is 4.74 Å². The number of hydrogen-bond donors (Lipinski definition) is 0. The molecule has 0 bridgehead atoms. The molecule has 0 radical (unpaired) electrons. The average molecular weight is 367 g/mol. The van der Waals surface area contributed by atoms with E-state index in [1.54, 1.807) is 24.3 Å². The highest BCUT2D eigenvalue weighted by molar-refractivity contribution is 5.89. The molecule has 1 aliphatic rings. The van der Waals surface area contributed by atoms with Crippen molar-refractivity contribution < 1.29 is 19.1 Å². The Hall–Kier alpha value is -2.82. The van der Waals surface area contributed by atoms with Crippen molar-refractivity contribution in [3.8, 4) is 5.75 Å². The predicted octanol–water partition coefficient (Wildman–Crippen LogP) is 3.68. The fourth-order valence-corrected chi connectivity index (χ4v) is 3.11. The van der Waals surface area contributed by atoms with Crippen molar-refractivity contribution in [1.29, 1.82) is 0 Å². The number of benzene rings is 2. The van der Waals surface area contributed by atoms with E-state index in [1.165, 1.54) is 20.0 Å². The van der Waals surface area contributed by atoms with Crippen molar-refractivity contribution in [2.24, 2.45) is 5.92 Å². The molecule has 5 nitrogen and oxygen atoms in total. The topological polar surface area (TPSA) is 55.8 Å². The second-order valence-electron chi connectivity index (χ2n) is 6.89. The Labute approximate surface area is 159 Å². The zero-order valence-electron chi connectivity index (χ0n) is 15.8. The first-order valence-electron chi connectivity index (χ1n) is 9.23. The number of carbonyl (C=O) groups is 2. The van der Waals surface area contributed by atoms with Gasteiger partial charge in [-0.3, -0.25) is 4.79 Å². The highest BCUT2D eigenvalue weighted by atomic mass is 16.5. The zero-order chi connectivity index (χ0) is 19.2. The first-order chi connectivity index (χ1) is 13.1. The summed E-state index contributed by atoms with van der Waals surface area (Å²) in [5, 5.41) is 0. The molecule has 1 amide bonds. The minimum atomic E-state index is -0.398. The second-order valence-corrected chi connectivity index (χ2v) is 6.89. The van der Waals surface area contributed by atoms with E-state index in [9.17, 15) is 9.59 Å². The molecule has 0 aliphatic heterocycles. The number of nitrogens with zero attached hydrogens (tertiary/aromatic N) is 1. The molecule has 1 saturated carbocycles. The van der Waals surface area contributed by atoms with E-state index in [-0.39, 0.29) is 18.6 Å². The Morgan fingerprint density at radius 2 is 1.74 bits per heavy atom. The van der Waals surface area contributed by atoms with E-state index in [0.717, 1.165) is 5.56 Å². The fourth-order valence-electron chi connectivity index (χ4n) is 3.11. The third-order valence-corrected chi connectivity index (χ3v) is 4.95. The standard InChI is InChI=1S/C22H25NO4/c1-16(18-8-9-18)23(14-17-6-4-3-5-7-17)21(24)15-27-20-12-10-19(11-13-20)22(25)26-2/h3-7,10-13,16,18H,8-9,14-15H2,1-2H3. The molecule has 142 valence electrons. The van der Waals surface area contributed by atoms with Gasteiger partial charge in [0.1, 0.15) is 5.75 Å². The van der Waals surface area contributed by atoms with Crippen molar-refractivity contribution in [2.75, 3.05) is 13.7 Å². The van der Waals surface area contributed by atoms with Crippen LogP contribution in [0.25, 0.3) is 0 Å².